The molecule has 10 heteroatoms. The molecule has 0 radical (unpaired) electrons. The van der Waals surface area contributed by atoms with Crippen molar-refractivity contribution in [3.05, 3.63) is 29.6 Å². The quantitative estimate of drug-likeness (QED) is 0.531. The van der Waals surface area contributed by atoms with Crippen LogP contribution >= 0.6 is 0 Å². The van der Waals surface area contributed by atoms with Crippen LogP contribution in [-0.4, -0.2) is 48.4 Å². The molecule has 3 N–H and O–H groups in total. The molecule has 2 amide bonds. The van der Waals surface area contributed by atoms with Gasteiger partial charge in [-0.3, -0.25) is 4.79 Å². The molecular formula is C19H28N4O5S. The van der Waals surface area contributed by atoms with Crippen molar-refractivity contribution in [2.24, 2.45) is 17.6 Å². The number of sulfonamides is 1. The first kappa shape index (κ1) is 21.8. The number of carbonyl (C=O) groups is 2. The lowest BCUT2D eigenvalue weighted by atomic mass is 9.80. The zero-order valence-electron chi connectivity index (χ0n) is 16.3. The van der Waals surface area contributed by atoms with E-state index in [0.717, 1.165) is 0 Å². The summed E-state index contributed by atoms with van der Waals surface area (Å²) < 4.78 is 24.9. The van der Waals surface area contributed by atoms with E-state index in [-0.39, 0.29) is 12.8 Å². The number of pyridine rings is 1. The molecule has 29 heavy (non-hydrogen) atoms. The summed E-state index contributed by atoms with van der Waals surface area (Å²) in [6.07, 6.45) is 4.10. The number of aromatic nitrogens is 1. The van der Waals surface area contributed by atoms with Gasteiger partial charge in [-0.05, 0) is 44.4 Å². The van der Waals surface area contributed by atoms with E-state index in [2.05, 4.69) is 10.3 Å². The van der Waals surface area contributed by atoms with E-state index >= 15 is 0 Å². The highest BCUT2D eigenvalue weighted by molar-refractivity contribution is 7.86. The fourth-order valence-corrected chi connectivity index (χ4v) is 6.11. The van der Waals surface area contributed by atoms with Crippen molar-refractivity contribution in [1.29, 1.82) is 0 Å². The van der Waals surface area contributed by atoms with Gasteiger partial charge in [0.15, 0.2) is 0 Å². The molecule has 1 aliphatic carbocycles. The summed E-state index contributed by atoms with van der Waals surface area (Å²) >= 11 is 0. The molecule has 3 rings (SSSR count). The molecule has 1 aromatic heterocycles. The number of quaternary nitrogens is 1. The summed E-state index contributed by atoms with van der Waals surface area (Å²) in [4.78, 5) is 29.0. The van der Waals surface area contributed by atoms with Crippen LogP contribution in [0.15, 0.2) is 29.4 Å². The number of hydrogen-bond acceptors (Lipinski definition) is 7. The Bertz CT molecular complexity index is 839. The zero-order chi connectivity index (χ0) is 21.1. The number of nitrogens with zero attached hydrogens (tertiary/aromatic N) is 2. The molecule has 1 aromatic rings. The van der Waals surface area contributed by atoms with Gasteiger partial charge in [0.2, 0.25) is 10.9 Å². The fourth-order valence-electron chi connectivity index (χ4n) is 4.40. The normalized spacial score (nSPS) is 28.1. The van der Waals surface area contributed by atoms with Crippen LogP contribution in [0.1, 0.15) is 44.9 Å². The monoisotopic (exact) mass is 424 g/mol. The first-order valence-electron chi connectivity index (χ1n) is 10.1. The molecule has 9 nitrogen and oxygen atoms in total. The van der Waals surface area contributed by atoms with Gasteiger partial charge in [0, 0.05) is 31.5 Å². The Morgan fingerprint density at radius 3 is 2.55 bits per heavy atom. The number of hydroxylamine groups is 2. The molecule has 2 aliphatic rings. The molecule has 2 heterocycles. The summed E-state index contributed by atoms with van der Waals surface area (Å²) in [5.41, 5.74) is 5.41. The third-order valence-corrected chi connectivity index (χ3v) is 7.98. The van der Waals surface area contributed by atoms with E-state index in [9.17, 15) is 23.2 Å². The molecule has 160 valence electrons. The predicted octanol–water partition coefficient (Wildman–Crippen LogP) is 1.05. The topological polar surface area (TPSA) is 142 Å². The Kier molecular flexibility index (Phi) is 6.67. The highest BCUT2D eigenvalue weighted by Crippen LogP contribution is 2.38. The summed E-state index contributed by atoms with van der Waals surface area (Å²) in [7, 11) is -4.63. The average Bonchev–Trinajstić information content (AvgIpc) is 3.03. The SMILES string of the molecule is NC(=O)C1CCCC(C(=O)[N@@+]([O-])(C2CCCNCC2)S(=O)(=O)c2ccccn2)C1. The maximum atomic E-state index is 14.1. The number of rotatable bonds is 5. The van der Waals surface area contributed by atoms with Crippen molar-refractivity contribution in [3.63, 3.8) is 0 Å². The van der Waals surface area contributed by atoms with Crippen molar-refractivity contribution >= 4 is 21.8 Å². The largest absolute Gasteiger partial charge is 0.608 e. The van der Waals surface area contributed by atoms with Gasteiger partial charge < -0.3 is 16.3 Å². The molecule has 1 saturated heterocycles. The standard InChI is InChI=1S/C19H28N4O5S/c20-18(24)14-5-3-6-15(13-14)19(25)23(26,16-7-4-10-21-12-9-16)29(27,28)17-8-1-2-11-22-17/h1-2,8,11,14-16,21H,3-7,9-10,12-13H2,(H2,20,24)/t14?,15?,16?,23-/m1/s1. The molecule has 0 bridgehead atoms. The summed E-state index contributed by atoms with van der Waals surface area (Å²) in [6.45, 7) is 1.13. The third kappa shape index (κ3) is 4.20. The van der Waals surface area contributed by atoms with Crippen LogP contribution in [0.4, 0.5) is 0 Å². The van der Waals surface area contributed by atoms with Crippen LogP contribution < -0.4 is 11.1 Å². The lowest BCUT2D eigenvalue weighted by Gasteiger charge is -2.45. The number of hydrogen-bond donors (Lipinski definition) is 2. The van der Waals surface area contributed by atoms with E-state index in [1.54, 1.807) is 6.07 Å². The van der Waals surface area contributed by atoms with Gasteiger partial charge in [-0.2, -0.15) is 12.5 Å². The fraction of sp³-hybridized carbons (Fsp3) is 0.632. The Hall–Kier alpha value is -1.88. The van der Waals surface area contributed by atoms with Crippen molar-refractivity contribution in [2.75, 3.05) is 13.1 Å². The third-order valence-electron chi connectivity index (χ3n) is 6.02. The van der Waals surface area contributed by atoms with Crippen molar-refractivity contribution in [2.45, 2.75) is 56.0 Å². The number of carbonyl (C=O) groups excluding carboxylic acids is 2. The predicted molar refractivity (Wildman–Crippen MR) is 105 cm³/mol. The van der Waals surface area contributed by atoms with Crippen LogP contribution in [-0.2, 0) is 19.6 Å². The molecule has 2 fully saturated rings. The molecular weight excluding hydrogens is 396 g/mol. The molecule has 0 spiro atoms. The van der Waals surface area contributed by atoms with Crippen LogP contribution in [0.2, 0.25) is 0 Å². The van der Waals surface area contributed by atoms with Crippen LogP contribution in [0.3, 0.4) is 0 Å². The second-order valence-electron chi connectivity index (χ2n) is 7.88. The number of nitrogens with two attached hydrogens (primary N) is 1. The smallest absolute Gasteiger partial charge is 0.351 e. The van der Waals surface area contributed by atoms with Gasteiger partial charge >= 0.3 is 15.9 Å². The van der Waals surface area contributed by atoms with E-state index in [4.69, 9.17) is 5.73 Å². The zero-order valence-corrected chi connectivity index (χ0v) is 17.1. The Morgan fingerprint density at radius 1 is 1.10 bits per heavy atom. The van der Waals surface area contributed by atoms with Crippen molar-refractivity contribution in [3.8, 4) is 0 Å². The lowest BCUT2D eigenvalue weighted by Crippen LogP contribution is -2.61. The second kappa shape index (κ2) is 8.86. The lowest BCUT2D eigenvalue weighted by molar-refractivity contribution is -0.707. The Balaban J connectivity index is 2.03. The number of nitrogens with one attached hydrogen (secondary N) is 1. The number of amides is 2. The molecule has 4 atom stereocenters. The average molecular weight is 425 g/mol. The van der Waals surface area contributed by atoms with E-state index in [0.29, 0.717) is 45.2 Å². The minimum Gasteiger partial charge on any atom is -0.608 e. The van der Waals surface area contributed by atoms with E-state index in [1.165, 1.54) is 18.3 Å². The van der Waals surface area contributed by atoms with E-state index < -0.39 is 48.8 Å². The molecule has 1 saturated carbocycles. The van der Waals surface area contributed by atoms with Crippen molar-refractivity contribution < 1.29 is 22.1 Å². The minimum absolute atomic E-state index is 0.124. The maximum Gasteiger partial charge on any atom is 0.351 e. The van der Waals surface area contributed by atoms with Crippen molar-refractivity contribution in [1.82, 2.24) is 10.3 Å². The number of primary amides is 1. The second-order valence-corrected chi connectivity index (χ2v) is 9.79. The summed E-state index contributed by atoms with van der Waals surface area (Å²) in [5.74, 6) is -2.74. The highest BCUT2D eigenvalue weighted by Gasteiger charge is 2.52. The Labute approximate surface area is 170 Å². The van der Waals surface area contributed by atoms with Gasteiger partial charge in [0.25, 0.3) is 0 Å². The first-order chi connectivity index (χ1) is 13.8. The van der Waals surface area contributed by atoms with Crippen LogP contribution in [0.25, 0.3) is 0 Å². The van der Waals surface area contributed by atoms with Crippen LogP contribution in [0.5, 0.6) is 0 Å². The van der Waals surface area contributed by atoms with Gasteiger partial charge in [-0.1, -0.05) is 12.5 Å². The highest BCUT2D eigenvalue weighted by atomic mass is 32.2. The van der Waals surface area contributed by atoms with Crippen LogP contribution in [0, 0.1) is 17.0 Å². The summed E-state index contributed by atoms with van der Waals surface area (Å²) in [5, 5.41) is 16.9. The minimum atomic E-state index is -4.63. The van der Waals surface area contributed by atoms with Gasteiger partial charge in [-0.25, -0.2) is 9.78 Å². The van der Waals surface area contributed by atoms with Gasteiger partial charge in [0.1, 0.15) is 6.04 Å². The molecule has 1 aliphatic heterocycles. The van der Waals surface area contributed by atoms with Gasteiger partial charge in [-0.15, -0.1) is 0 Å². The maximum absolute atomic E-state index is 14.1. The molecule has 3 unspecified atom stereocenters. The summed E-state index contributed by atoms with van der Waals surface area (Å²) in [6, 6.07) is 3.36. The Morgan fingerprint density at radius 2 is 1.86 bits per heavy atom. The van der Waals surface area contributed by atoms with E-state index in [1.807, 2.05) is 0 Å². The van der Waals surface area contributed by atoms with Gasteiger partial charge in [0.05, 0.1) is 5.92 Å². The first-order valence-corrected chi connectivity index (χ1v) is 11.5. The molecule has 0 aromatic carbocycles.